The molecule has 0 aliphatic carbocycles. The molecule has 3 fully saturated rings. The summed E-state index contributed by atoms with van der Waals surface area (Å²) in [4.78, 5) is 12.4. The van der Waals surface area contributed by atoms with Gasteiger partial charge in [0.25, 0.3) is 0 Å². The topological polar surface area (TPSA) is 205 Å². The Labute approximate surface area is 177 Å². The summed E-state index contributed by atoms with van der Waals surface area (Å²) in [6.45, 7) is 4.20. The second kappa shape index (κ2) is 9.59. The summed E-state index contributed by atoms with van der Waals surface area (Å²) in [5, 5.41) is 70.6. The highest BCUT2D eigenvalue weighted by molar-refractivity contribution is 5.88. The first kappa shape index (κ1) is 24.8. The number of aliphatic hydroxyl groups is 7. The Bertz CT molecular complexity index is 634. The van der Waals surface area contributed by atoms with Gasteiger partial charge in [0.15, 0.2) is 30.8 Å². The molecular formula is C18H30O13. The first-order valence-corrected chi connectivity index (χ1v) is 10.0. The third-order valence-electron chi connectivity index (χ3n) is 5.79. The molecule has 7 N–H and O–H groups in total. The van der Waals surface area contributed by atoms with Crippen molar-refractivity contribution in [2.24, 2.45) is 0 Å². The van der Waals surface area contributed by atoms with Crippen LogP contribution in [-0.4, -0.2) is 128 Å². The van der Waals surface area contributed by atoms with Crippen LogP contribution in [0.25, 0.3) is 0 Å². The lowest BCUT2D eigenvalue weighted by atomic mass is 9.97. The van der Waals surface area contributed by atoms with Crippen molar-refractivity contribution in [2.75, 3.05) is 0 Å². The Kier molecular flexibility index (Phi) is 7.68. The van der Waals surface area contributed by atoms with E-state index in [1.165, 1.54) is 20.8 Å². The van der Waals surface area contributed by atoms with E-state index in [0.29, 0.717) is 0 Å². The molecule has 14 atom stereocenters. The average molecular weight is 454 g/mol. The first-order chi connectivity index (χ1) is 14.4. The van der Waals surface area contributed by atoms with Gasteiger partial charge in [-0.25, -0.2) is 0 Å². The van der Waals surface area contributed by atoms with Gasteiger partial charge >= 0.3 is 0 Å². The molecule has 13 heteroatoms. The van der Waals surface area contributed by atoms with Crippen molar-refractivity contribution in [1.29, 1.82) is 0 Å². The maximum atomic E-state index is 12.4. The SMILES string of the molecule is C[C@H]1O[C@@H](O)[C@H](O)[C@@H](O[C@@H]2O[C@H](C)[C@@H](O)[C@H](O)[C@H]2O[C@@H]2O[C@H](C)[C@@H](O)[C@H](O)[C@H]2O)C1=O. The average Bonchev–Trinajstić information content (AvgIpc) is 2.72. The molecule has 31 heavy (non-hydrogen) atoms. The van der Waals surface area contributed by atoms with Crippen molar-refractivity contribution in [3.63, 3.8) is 0 Å². The molecule has 0 amide bonds. The summed E-state index contributed by atoms with van der Waals surface area (Å²) in [5.74, 6) is -0.700. The molecule has 0 aromatic rings. The van der Waals surface area contributed by atoms with Crippen LogP contribution in [-0.2, 0) is 28.5 Å². The lowest BCUT2D eigenvalue weighted by molar-refractivity contribution is -0.370. The third kappa shape index (κ3) is 4.78. The zero-order valence-electron chi connectivity index (χ0n) is 17.2. The van der Waals surface area contributed by atoms with Crippen molar-refractivity contribution < 1.29 is 64.2 Å². The molecule has 0 aromatic heterocycles. The van der Waals surface area contributed by atoms with Gasteiger partial charge in [0, 0.05) is 0 Å². The summed E-state index contributed by atoms with van der Waals surface area (Å²) >= 11 is 0. The molecule has 0 spiro atoms. The van der Waals surface area contributed by atoms with Crippen LogP contribution in [0.2, 0.25) is 0 Å². The number of hydrogen-bond acceptors (Lipinski definition) is 13. The molecule has 3 rings (SSSR count). The third-order valence-corrected chi connectivity index (χ3v) is 5.79. The van der Waals surface area contributed by atoms with Gasteiger partial charge < -0.3 is 59.4 Å². The fourth-order valence-electron chi connectivity index (χ4n) is 3.74. The molecule has 0 radical (unpaired) electrons. The summed E-state index contributed by atoms with van der Waals surface area (Å²) in [6.07, 6.45) is -20.6. The second-order valence-electron chi connectivity index (χ2n) is 8.09. The molecule has 3 aliphatic rings. The largest absolute Gasteiger partial charge is 0.388 e. The number of ketones is 1. The summed E-state index contributed by atoms with van der Waals surface area (Å²) in [7, 11) is 0. The van der Waals surface area contributed by atoms with Crippen molar-refractivity contribution in [3.8, 4) is 0 Å². The smallest absolute Gasteiger partial charge is 0.192 e. The van der Waals surface area contributed by atoms with Gasteiger partial charge in [-0.1, -0.05) is 0 Å². The molecule has 0 aromatic carbocycles. The van der Waals surface area contributed by atoms with Gasteiger partial charge in [-0.2, -0.15) is 0 Å². The van der Waals surface area contributed by atoms with Gasteiger partial charge in [0.05, 0.1) is 12.2 Å². The van der Waals surface area contributed by atoms with Crippen LogP contribution >= 0.6 is 0 Å². The van der Waals surface area contributed by atoms with Gasteiger partial charge in [0.1, 0.15) is 48.8 Å². The summed E-state index contributed by atoms with van der Waals surface area (Å²) in [5.41, 5.74) is 0. The van der Waals surface area contributed by atoms with E-state index in [0.717, 1.165) is 0 Å². The molecule has 180 valence electrons. The van der Waals surface area contributed by atoms with Gasteiger partial charge in [-0.15, -0.1) is 0 Å². The van der Waals surface area contributed by atoms with Crippen LogP contribution in [0.4, 0.5) is 0 Å². The quantitative estimate of drug-likeness (QED) is 0.215. The number of Topliss-reactive ketones (excluding diaryl/α,β-unsaturated/α-hetero) is 1. The minimum Gasteiger partial charge on any atom is -0.388 e. The van der Waals surface area contributed by atoms with Gasteiger partial charge in [-0.3, -0.25) is 4.79 Å². The van der Waals surface area contributed by atoms with Crippen LogP contribution in [0, 0.1) is 0 Å². The van der Waals surface area contributed by atoms with Gasteiger partial charge in [-0.05, 0) is 20.8 Å². The van der Waals surface area contributed by atoms with E-state index in [4.69, 9.17) is 23.7 Å². The van der Waals surface area contributed by atoms with Crippen LogP contribution in [0.1, 0.15) is 20.8 Å². The Morgan fingerprint density at radius 3 is 1.81 bits per heavy atom. The molecule has 13 nitrogen and oxygen atoms in total. The molecule has 3 saturated heterocycles. The van der Waals surface area contributed by atoms with Gasteiger partial charge in [0.2, 0.25) is 0 Å². The maximum Gasteiger partial charge on any atom is 0.192 e. The monoisotopic (exact) mass is 454 g/mol. The minimum atomic E-state index is -1.76. The van der Waals surface area contributed by atoms with Crippen molar-refractivity contribution in [3.05, 3.63) is 0 Å². The number of carbonyl (C=O) groups excluding carboxylic acids is 1. The molecule has 0 unspecified atom stereocenters. The van der Waals surface area contributed by atoms with Crippen molar-refractivity contribution >= 4 is 5.78 Å². The molecule has 0 bridgehead atoms. The lowest BCUT2D eigenvalue weighted by Crippen LogP contribution is -2.65. The van der Waals surface area contributed by atoms with Crippen LogP contribution in [0.3, 0.4) is 0 Å². The number of aliphatic hydroxyl groups excluding tert-OH is 7. The first-order valence-electron chi connectivity index (χ1n) is 10.0. The lowest BCUT2D eigenvalue weighted by Gasteiger charge is -2.46. The Balaban J connectivity index is 1.81. The molecule has 3 heterocycles. The predicted molar refractivity (Wildman–Crippen MR) is 96.0 cm³/mol. The zero-order chi connectivity index (χ0) is 23.2. The highest BCUT2D eigenvalue weighted by Gasteiger charge is 2.52. The Morgan fingerprint density at radius 1 is 0.645 bits per heavy atom. The highest BCUT2D eigenvalue weighted by Crippen LogP contribution is 2.31. The molecule has 0 saturated carbocycles. The number of rotatable bonds is 4. The predicted octanol–water partition coefficient (Wildman–Crippen LogP) is -4.28. The van der Waals surface area contributed by atoms with E-state index in [1.807, 2.05) is 0 Å². The van der Waals surface area contributed by atoms with Crippen LogP contribution in [0.5, 0.6) is 0 Å². The standard InChI is InChI=1S/C18H30O13/c1-4-7(19)10(22)12(24)17(28-4)31-15-11(23)8(20)5(2)29-18(15)30-14-9(21)6(3)27-16(26)13(14)25/h4-8,10-20,22-26H,1-3H3/t4-,5-,6-,7-,8-,10+,11+,12-,13-,14+,15-,16-,17+,18+/m1/s1. The summed E-state index contributed by atoms with van der Waals surface area (Å²) in [6, 6.07) is 0. The van der Waals surface area contributed by atoms with Crippen LogP contribution < -0.4 is 0 Å². The number of carbonyl (C=O) groups is 1. The fraction of sp³-hybridized carbons (Fsp3) is 0.944. The highest BCUT2D eigenvalue weighted by atomic mass is 16.8. The number of ether oxygens (including phenoxy) is 5. The second-order valence-corrected chi connectivity index (χ2v) is 8.09. The van der Waals surface area contributed by atoms with E-state index >= 15 is 0 Å². The molecule has 3 aliphatic heterocycles. The van der Waals surface area contributed by atoms with E-state index in [9.17, 15) is 40.5 Å². The van der Waals surface area contributed by atoms with Crippen molar-refractivity contribution in [1.82, 2.24) is 0 Å². The zero-order valence-corrected chi connectivity index (χ0v) is 17.2. The van der Waals surface area contributed by atoms with Crippen LogP contribution in [0.15, 0.2) is 0 Å². The Morgan fingerprint density at radius 2 is 1.19 bits per heavy atom. The Hall–Kier alpha value is -0.810. The summed E-state index contributed by atoms with van der Waals surface area (Å²) < 4.78 is 26.9. The van der Waals surface area contributed by atoms with E-state index in [1.54, 1.807) is 0 Å². The molecular weight excluding hydrogens is 424 g/mol. The minimum absolute atomic E-state index is 0.700. The fourth-order valence-corrected chi connectivity index (χ4v) is 3.74. The van der Waals surface area contributed by atoms with E-state index in [2.05, 4.69) is 0 Å². The maximum absolute atomic E-state index is 12.4. The van der Waals surface area contributed by atoms with E-state index < -0.39 is 91.8 Å². The van der Waals surface area contributed by atoms with Crippen molar-refractivity contribution in [2.45, 2.75) is 107 Å². The number of hydrogen-bond donors (Lipinski definition) is 7. The van der Waals surface area contributed by atoms with E-state index in [-0.39, 0.29) is 0 Å². The normalized spacial score (nSPS) is 54.1.